The molecule has 6 nitrogen and oxygen atoms in total. The maximum atomic E-state index is 12.4. The molecule has 0 aliphatic rings. The summed E-state index contributed by atoms with van der Waals surface area (Å²) in [6.07, 6.45) is 1.49. The lowest BCUT2D eigenvalue weighted by Crippen LogP contribution is -2.15. The number of methoxy groups -OCH3 is 1. The zero-order valence-electron chi connectivity index (χ0n) is 14.9. The first-order valence-corrected chi connectivity index (χ1v) is 9.34. The maximum Gasteiger partial charge on any atom is 0.234 e. The van der Waals surface area contributed by atoms with E-state index in [1.165, 1.54) is 18.1 Å². The molecule has 1 N–H and O–H groups in total. The molecule has 0 radical (unpaired) electrons. The predicted octanol–water partition coefficient (Wildman–Crippen LogP) is 4.42. The standard InChI is InChI=1S/C20H17N3O3S/c1-12-7-8-16(25-2)14(9-12)23-17(24)10-27-20-19-18(21-11-22-20)13-5-3-4-6-15(13)26-19/h3-9,11H,10H2,1-2H3,(H,23,24). The van der Waals surface area contributed by atoms with Crippen LogP contribution < -0.4 is 10.1 Å². The average Bonchev–Trinajstić information content (AvgIpc) is 3.06. The van der Waals surface area contributed by atoms with Gasteiger partial charge in [-0.3, -0.25) is 4.79 Å². The van der Waals surface area contributed by atoms with E-state index >= 15 is 0 Å². The number of thioether (sulfide) groups is 1. The molecular formula is C20H17N3O3S. The monoisotopic (exact) mass is 379 g/mol. The largest absolute Gasteiger partial charge is 0.495 e. The molecule has 2 aromatic heterocycles. The minimum atomic E-state index is -0.147. The lowest BCUT2D eigenvalue weighted by atomic mass is 10.2. The van der Waals surface area contributed by atoms with Crippen LogP contribution in [0.15, 0.2) is 58.2 Å². The van der Waals surface area contributed by atoms with Gasteiger partial charge in [0.05, 0.1) is 18.6 Å². The molecule has 2 heterocycles. The van der Waals surface area contributed by atoms with Crippen LogP contribution in [0.25, 0.3) is 22.1 Å². The topological polar surface area (TPSA) is 77.2 Å². The fourth-order valence-electron chi connectivity index (χ4n) is 2.85. The number of benzene rings is 2. The van der Waals surface area contributed by atoms with Crippen LogP contribution in [0.1, 0.15) is 5.56 Å². The van der Waals surface area contributed by atoms with Crippen LogP contribution in [0.2, 0.25) is 0 Å². The number of ether oxygens (including phenoxy) is 1. The third-order valence-corrected chi connectivity index (χ3v) is 5.07. The third-order valence-electron chi connectivity index (χ3n) is 4.09. The van der Waals surface area contributed by atoms with Crippen molar-refractivity contribution in [2.45, 2.75) is 11.9 Å². The lowest BCUT2D eigenvalue weighted by molar-refractivity contribution is -0.113. The number of carbonyl (C=O) groups excluding carboxylic acids is 1. The summed E-state index contributed by atoms with van der Waals surface area (Å²) in [6.45, 7) is 1.96. The Morgan fingerprint density at radius 3 is 2.93 bits per heavy atom. The number of carbonyl (C=O) groups is 1. The summed E-state index contributed by atoms with van der Waals surface area (Å²) in [5, 5.41) is 4.47. The number of hydrogen-bond donors (Lipinski definition) is 1. The highest BCUT2D eigenvalue weighted by Crippen LogP contribution is 2.32. The van der Waals surface area contributed by atoms with Gasteiger partial charge in [0.2, 0.25) is 5.91 Å². The number of amides is 1. The molecule has 0 saturated carbocycles. The van der Waals surface area contributed by atoms with E-state index in [1.54, 1.807) is 7.11 Å². The fourth-order valence-corrected chi connectivity index (χ4v) is 3.58. The van der Waals surface area contributed by atoms with Gasteiger partial charge >= 0.3 is 0 Å². The quantitative estimate of drug-likeness (QED) is 0.408. The second-order valence-electron chi connectivity index (χ2n) is 6.00. The van der Waals surface area contributed by atoms with E-state index in [-0.39, 0.29) is 11.7 Å². The van der Waals surface area contributed by atoms with E-state index in [1.807, 2.05) is 49.4 Å². The highest BCUT2D eigenvalue weighted by molar-refractivity contribution is 8.00. The van der Waals surface area contributed by atoms with Gasteiger partial charge in [-0.25, -0.2) is 9.97 Å². The first kappa shape index (κ1) is 17.4. The molecule has 136 valence electrons. The van der Waals surface area contributed by atoms with Crippen molar-refractivity contribution < 1.29 is 13.9 Å². The number of fused-ring (bicyclic) bond motifs is 3. The fraction of sp³-hybridized carbons (Fsp3) is 0.150. The summed E-state index contributed by atoms with van der Waals surface area (Å²) in [7, 11) is 1.58. The Balaban J connectivity index is 1.54. The smallest absolute Gasteiger partial charge is 0.234 e. The molecule has 4 rings (SSSR count). The van der Waals surface area contributed by atoms with Crippen LogP contribution in [-0.4, -0.2) is 28.7 Å². The van der Waals surface area contributed by atoms with Crippen molar-refractivity contribution in [1.29, 1.82) is 0 Å². The summed E-state index contributed by atoms with van der Waals surface area (Å²) in [5.74, 6) is 0.674. The van der Waals surface area contributed by atoms with Crippen LogP contribution in [-0.2, 0) is 4.79 Å². The average molecular weight is 379 g/mol. The lowest BCUT2D eigenvalue weighted by Gasteiger charge is -2.10. The molecule has 0 bridgehead atoms. The number of nitrogens with one attached hydrogen (secondary N) is 1. The maximum absolute atomic E-state index is 12.4. The molecule has 0 aliphatic heterocycles. The van der Waals surface area contributed by atoms with Crippen LogP contribution >= 0.6 is 11.8 Å². The van der Waals surface area contributed by atoms with Crippen LogP contribution in [0.3, 0.4) is 0 Å². The molecule has 0 aliphatic carbocycles. The van der Waals surface area contributed by atoms with Crippen LogP contribution in [0.5, 0.6) is 5.75 Å². The van der Waals surface area contributed by atoms with Crippen molar-refractivity contribution >= 4 is 45.4 Å². The van der Waals surface area contributed by atoms with Gasteiger partial charge in [-0.05, 0) is 36.8 Å². The number of aryl methyl sites for hydroxylation is 1. The van der Waals surface area contributed by atoms with Crippen molar-refractivity contribution in [3.8, 4) is 5.75 Å². The minimum absolute atomic E-state index is 0.147. The van der Waals surface area contributed by atoms with Gasteiger partial charge in [0.25, 0.3) is 0 Å². The molecule has 7 heteroatoms. The number of furan rings is 1. The van der Waals surface area contributed by atoms with E-state index in [2.05, 4.69) is 15.3 Å². The minimum Gasteiger partial charge on any atom is -0.495 e. The molecule has 4 aromatic rings. The van der Waals surface area contributed by atoms with E-state index < -0.39 is 0 Å². The van der Waals surface area contributed by atoms with E-state index in [0.717, 1.165) is 22.0 Å². The Kier molecular flexibility index (Phi) is 4.68. The van der Waals surface area contributed by atoms with Gasteiger partial charge in [0.15, 0.2) is 5.58 Å². The summed E-state index contributed by atoms with van der Waals surface area (Å²) in [5.41, 5.74) is 3.80. The van der Waals surface area contributed by atoms with E-state index in [4.69, 9.17) is 9.15 Å². The van der Waals surface area contributed by atoms with Gasteiger partial charge in [0.1, 0.15) is 28.2 Å². The summed E-state index contributed by atoms with van der Waals surface area (Å²) < 4.78 is 11.2. The molecule has 2 aromatic carbocycles. The SMILES string of the molecule is COc1ccc(C)cc1NC(=O)CSc1ncnc2c1oc1ccccc12. The molecule has 27 heavy (non-hydrogen) atoms. The zero-order chi connectivity index (χ0) is 18.8. The summed E-state index contributed by atoms with van der Waals surface area (Å²) in [6, 6.07) is 13.3. The van der Waals surface area contributed by atoms with Crippen molar-refractivity contribution in [2.24, 2.45) is 0 Å². The first-order chi connectivity index (χ1) is 13.2. The summed E-state index contributed by atoms with van der Waals surface area (Å²) >= 11 is 1.31. The molecule has 0 fully saturated rings. The van der Waals surface area contributed by atoms with Gasteiger partial charge in [-0.1, -0.05) is 30.0 Å². The van der Waals surface area contributed by atoms with Crippen molar-refractivity contribution in [1.82, 2.24) is 9.97 Å². The van der Waals surface area contributed by atoms with Crippen molar-refractivity contribution in [3.05, 3.63) is 54.4 Å². The first-order valence-electron chi connectivity index (χ1n) is 8.35. The molecular weight excluding hydrogens is 362 g/mol. The Morgan fingerprint density at radius 2 is 2.07 bits per heavy atom. The third kappa shape index (κ3) is 3.46. The highest BCUT2D eigenvalue weighted by Gasteiger charge is 2.15. The van der Waals surface area contributed by atoms with Gasteiger partial charge in [0, 0.05) is 5.39 Å². The molecule has 1 amide bonds. The second kappa shape index (κ2) is 7.28. The number of para-hydroxylation sites is 1. The van der Waals surface area contributed by atoms with Gasteiger partial charge in [-0.15, -0.1) is 0 Å². The normalized spacial score (nSPS) is 11.0. The van der Waals surface area contributed by atoms with Crippen LogP contribution in [0.4, 0.5) is 5.69 Å². The number of aromatic nitrogens is 2. The highest BCUT2D eigenvalue weighted by atomic mass is 32.2. The second-order valence-corrected chi connectivity index (χ2v) is 6.96. The van der Waals surface area contributed by atoms with E-state index in [0.29, 0.717) is 22.0 Å². The number of nitrogens with zero attached hydrogens (tertiary/aromatic N) is 2. The van der Waals surface area contributed by atoms with Gasteiger partial charge in [-0.2, -0.15) is 0 Å². The predicted molar refractivity (Wildman–Crippen MR) is 106 cm³/mol. The number of rotatable bonds is 5. The van der Waals surface area contributed by atoms with Crippen LogP contribution in [0, 0.1) is 6.92 Å². The Labute approximate surface area is 159 Å². The zero-order valence-corrected chi connectivity index (χ0v) is 15.7. The Hall–Kier alpha value is -3.06. The number of anilines is 1. The molecule has 0 spiro atoms. The molecule has 0 saturated heterocycles. The number of hydrogen-bond acceptors (Lipinski definition) is 6. The van der Waals surface area contributed by atoms with E-state index in [9.17, 15) is 4.79 Å². The van der Waals surface area contributed by atoms with Crippen molar-refractivity contribution in [2.75, 3.05) is 18.2 Å². The molecule has 0 atom stereocenters. The van der Waals surface area contributed by atoms with Gasteiger partial charge < -0.3 is 14.5 Å². The summed E-state index contributed by atoms with van der Waals surface area (Å²) in [4.78, 5) is 21.0. The van der Waals surface area contributed by atoms with Crippen molar-refractivity contribution in [3.63, 3.8) is 0 Å². The Bertz CT molecular complexity index is 1140. The Morgan fingerprint density at radius 1 is 1.22 bits per heavy atom. The molecule has 0 unspecified atom stereocenters.